The number of nitrogens with zero attached hydrogens (tertiary/aromatic N) is 1. The molecule has 3 amide bonds. The summed E-state index contributed by atoms with van der Waals surface area (Å²) in [5, 5.41) is 5.56. The Labute approximate surface area is 173 Å². The molecule has 8 heteroatoms. The van der Waals surface area contributed by atoms with Crippen molar-refractivity contribution in [2.75, 3.05) is 25.1 Å². The van der Waals surface area contributed by atoms with E-state index in [9.17, 15) is 14.4 Å². The molecule has 2 N–H and O–H groups in total. The minimum Gasteiger partial charge on any atom is -0.494 e. The predicted molar refractivity (Wildman–Crippen MR) is 109 cm³/mol. The molecule has 2 aliphatic rings. The van der Waals surface area contributed by atoms with Gasteiger partial charge in [0.15, 0.2) is 0 Å². The molecule has 1 unspecified atom stereocenters. The zero-order valence-electron chi connectivity index (χ0n) is 16.4. The Morgan fingerprint density at radius 2 is 1.90 bits per heavy atom. The van der Waals surface area contributed by atoms with Gasteiger partial charge in [-0.25, -0.2) is 9.59 Å². The van der Waals surface area contributed by atoms with Crippen LogP contribution in [0.2, 0.25) is 0 Å². The highest BCUT2D eigenvalue weighted by molar-refractivity contribution is 6.00. The molecule has 0 aromatic heterocycles. The first-order valence-corrected chi connectivity index (χ1v) is 9.63. The summed E-state index contributed by atoms with van der Waals surface area (Å²) in [5.41, 5.74) is 1.99. The standard InChI is InChI=1S/C22H21N3O5/c1-2-29-17-11-7-6-10-15(17)20-19-16(13-30-21(19)27)25(22(28)24-20)12-18(26)23-14-8-4-3-5-9-14/h3-11,20H,2,12-13H2,1H3,(H,23,26)(H,24,28). The second-order valence-corrected chi connectivity index (χ2v) is 6.79. The normalized spacial score (nSPS) is 17.9. The third-order valence-corrected chi connectivity index (χ3v) is 4.89. The highest BCUT2D eigenvalue weighted by atomic mass is 16.5. The molecule has 0 saturated carbocycles. The number of rotatable bonds is 6. The quantitative estimate of drug-likeness (QED) is 0.718. The Hall–Kier alpha value is -3.81. The summed E-state index contributed by atoms with van der Waals surface area (Å²) in [5.74, 6) is -0.322. The summed E-state index contributed by atoms with van der Waals surface area (Å²) in [6, 6.07) is 15.0. The smallest absolute Gasteiger partial charge is 0.338 e. The highest BCUT2D eigenvalue weighted by Gasteiger charge is 2.43. The maximum absolute atomic E-state index is 12.9. The fraction of sp³-hybridized carbons (Fsp3) is 0.227. The van der Waals surface area contributed by atoms with E-state index in [-0.39, 0.29) is 19.1 Å². The molecule has 0 fully saturated rings. The van der Waals surface area contributed by atoms with E-state index in [1.54, 1.807) is 36.4 Å². The molecule has 0 spiro atoms. The van der Waals surface area contributed by atoms with Crippen LogP contribution in [0.15, 0.2) is 65.9 Å². The van der Waals surface area contributed by atoms with Gasteiger partial charge in [0.25, 0.3) is 0 Å². The van der Waals surface area contributed by atoms with Crippen LogP contribution < -0.4 is 15.4 Å². The van der Waals surface area contributed by atoms with Gasteiger partial charge in [0.05, 0.1) is 23.9 Å². The summed E-state index contributed by atoms with van der Waals surface area (Å²) in [6.07, 6.45) is 0. The average Bonchev–Trinajstić information content (AvgIpc) is 3.13. The SMILES string of the molecule is CCOc1ccccc1C1NC(=O)N(CC(=O)Nc2ccccc2)C2=C1C(=O)OC2. The molecule has 30 heavy (non-hydrogen) atoms. The third-order valence-electron chi connectivity index (χ3n) is 4.89. The largest absolute Gasteiger partial charge is 0.494 e. The van der Waals surface area contributed by atoms with Crippen molar-refractivity contribution in [3.63, 3.8) is 0 Å². The number of nitrogens with one attached hydrogen (secondary N) is 2. The van der Waals surface area contributed by atoms with Crippen molar-refractivity contribution in [2.45, 2.75) is 13.0 Å². The maximum atomic E-state index is 12.9. The molecule has 2 heterocycles. The topological polar surface area (TPSA) is 97.0 Å². The lowest BCUT2D eigenvalue weighted by Gasteiger charge is -2.33. The van der Waals surface area contributed by atoms with Crippen LogP contribution in [0.1, 0.15) is 18.5 Å². The molecule has 1 atom stereocenters. The first-order valence-electron chi connectivity index (χ1n) is 9.63. The first kappa shape index (κ1) is 19.5. The van der Waals surface area contributed by atoms with Gasteiger partial charge in [0, 0.05) is 11.3 Å². The third kappa shape index (κ3) is 3.71. The van der Waals surface area contributed by atoms with Gasteiger partial charge < -0.3 is 20.1 Å². The van der Waals surface area contributed by atoms with Crippen LogP contribution in [-0.4, -0.2) is 42.6 Å². The van der Waals surface area contributed by atoms with Gasteiger partial charge in [-0.3, -0.25) is 9.69 Å². The zero-order chi connectivity index (χ0) is 21.1. The van der Waals surface area contributed by atoms with E-state index in [0.29, 0.717) is 34.9 Å². The van der Waals surface area contributed by atoms with E-state index in [0.717, 1.165) is 0 Å². The fourth-order valence-electron chi connectivity index (χ4n) is 3.58. The molecule has 0 aliphatic carbocycles. The van der Waals surface area contributed by atoms with Crippen molar-refractivity contribution in [2.24, 2.45) is 0 Å². The molecule has 8 nitrogen and oxygen atoms in total. The van der Waals surface area contributed by atoms with E-state index >= 15 is 0 Å². The van der Waals surface area contributed by atoms with Crippen LogP contribution in [0.25, 0.3) is 0 Å². The van der Waals surface area contributed by atoms with Gasteiger partial charge in [-0.2, -0.15) is 0 Å². The number of hydrogen-bond acceptors (Lipinski definition) is 5. The maximum Gasteiger partial charge on any atom is 0.338 e. The number of ether oxygens (including phenoxy) is 2. The van der Waals surface area contributed by atoms with Crippen LogP contribution in [-0.2, 0) is 14.3 Å². The number of amides is 3. The van der Waals surface area contributed by atoms with Gasteiger partial charge in [-0.05, 0) is 25.1 Å². The number of hydrogen-bond donors (Lipinski definition) is 2. The minimum absolute atomic E-state index is 0.0620. The van der Waals surface area contributed by atoms with Crippen LogP contribution in [0.3, 0.4) is 0 Å². The Morgan fingerprint density at radius 3 is 2.67 bits per heavy atom. The van der Waals surface area contributed by atoms with Crippen molar-refractivity contribution in [3.05, 3.63) is 71.4 Å². The second kappa shape index (κ2) is 8.28. The molecule has 0 bridgehead atoms. The van der Waals surface area contributed by atoms with E-state index in [1.807, 2.05) is 25.1 Å². The van der Waals surface area contributed by atoms with Gasteiger partial charge in [0.2, 0.25) is 5.91 Å². The predicted octanol–water partition coefficient (Wildman–Crippen LogP) is 2.60. The molecule has 154 valence electrons. The lowest BCUT2D eigenvalue weighted by molar-refractivity contribution is -0.136. The van der Waals surface area contributed by atoms with E-state index in [4.69, 9.17) is 9.47 Å². The molecular formula is C22H21N3O5. The second-order valence-electron chi connectivity index (χ2n) is 6.79. The van der Waals surface area contributed by atoms with E-state index in [1.165, 1.54) is 4.90 Å². The number of para-hydroxylation sites is 2. The molecule has 2 aliphatic heterocycles. The van der Waals surface area contributed by atoms with Crippen molar-refractivity contribution in [3.8, 4) is 5.75 Å². The first-order chi connectivity index (χ1) is 14.6. The van der Waals surface area contributed by atoms with Crippen LogP contribution in [0, 0.1) is 0 Å². The van der Waals surface area contributed by atoms with Crippen molar-refractivity contribution >= 4 is 23.6 Å². The number of cyclic esters (lactones) is 1. The Morgan fingerprint density at radius 1 is 1.17 bits per heavy atom. The van der Waals surface area contributed by atoms with Crippen molar-refractivity contribution < 1.29 is 23.9 Å². The average molecular weight is 407 g/mol. The number of urea groups is 1. The van der Waals surface area contributed by atoms with Gasteiger partial charge in [-0.15, -0.1) is 0 Å². The summed E-state index contributed by atoms with van der Waals surface area (Å²) in [7, 11) is 0. The van der Waals surface area contributed by atoms with Crippen molar-refractivity contribution in [1.29, 1.82) is 0 Å². The molecule has 2 aromatic carbocycles. The Bertz CT molecular complexity index is 1020. The van der Waals surface area contributed by atoms with E-state index in [2.05, 4.69) is 10.6 Å². The molecule has 2 aromatic rings. The van der Waals surface area contributed by atoms with Crippen LogP contribution >= 0.6 is 0 Å². The van der Waals surface area contributed by atoms with Crippen LogP contribution in [0.4, 0.5) is 10.5 Å². The fourth-order valence-corrected chi connectivity index (χ4v) is 3.58. The molecule has 4 rings (SSSR count). The number of carbonyl (C=O) groups excluding carboxylic acids is 3. The number of benzene rings is 2. The van der Waals surface area contributed by atoms with Crippen molar-refractivity contribution in [1.82, 2.24) is 10.2 Å². The van der Waals surface area contributed by atoms with Gasteiger partial charge in [0.1, 0.15) is 18.9 Å². The number of anilines is 1. The Kier molecular flexibility index (Phi) is 5.38. The molecular weight excluding hydrogens is 386 g/mol. The summed E-state index contributed by atoms with van der Waals surface area (Å²) < 4.78 is 10.9. The monoisotopic (exact) mass is 407 g/mol. The molecule has 0 radical (unpaired) electrons. The lowest BCUT2D eigenvalue weighted by atomic mass is 9.95. The molecule has 0 saturated heterocycles. The highest BCUT2D eigenvalue weighted by Crippen LogP contribution is 2.38. The summed E-state index contributed by atoms with van der Waals surface area (Å²) in [6.45, 7) is 2.00. The lowest BCUT2D eigenvalue weighted by Crippen LogP contribution is -2.49. The minimum atomic E-state index is -0.710. The summed E-state index contributed by atoms with van der Waals surface area (Å²) in [4.78, 5) is 39.1. The summed E-state index contributed by atoms with van der Waals surface area (Å²) >= 11 is 0. The Balaban J connectivity index is 1.63. The van der Waals surface area contributed by atoms with Gasteiger partial charge >= 0.3 is 12.0 Å². The van der Waals surface area contributed by atoms with Gasteiger partial charge in [-0.1, -0.05) is 36.4 Å². The number of esters is 1. The van der Waals surface area contributed by atoms with Crippen LogP contribution in [0.5, 0.6) is 5.75 Å². The van der Waals surface area contributed by atoms with E-state index < -0.39 is 18.0 Å². The zero-order valence-corrected chi connectivity index (χ0v) is 16.4. The number of carbonyl (C=O) groups is 3.